The first kappa shape index (κ1) is 35.6. The summed E-state index contributed by atoms with van der Waals surface area (Å²) in [6.45, 7) is 6.42. The van der Waals surface area contributed by atoms with E-state index in [0.29, 0.717) is 29.0 Å². The summed E-state index contributed by atoms with van der Waals surface area (Å²) in [5.41, 5.74) is 1.69. The Morgan fingerprint density at radius 3 is 2.72 bits per heavy atom. The number of aliphatic hydroxyl groups is 1. The van der Waals surface area contributed by atoms with Crippen LogP contribution in [0.2, 0.25) is 0 Å². The third kappa shape index (κ3) is 9.05. The molecule has 2 aliphatic heterocycles. The summed E-state index contributed by atoms with van der Waals surface area (Å²) in [4.78, 5) is 13.1. The lowest BCUT2D eigenvalue weighted by atomic mass is 10.0. The second-order valence-electron chi connectivity index (χ2n) is 12.6. The Morgan fingerprint density at radius 1 is 1.19 bits per heavy atom. The third-order valence-electron chi connectivity index (χ3n) is 8.45. The maximum Gasteiger partial charge on any atom is 0.407 e. The molecule has 258 valence electrons. The molecule has 2 aliphatic rings. The molecule has 0 bridgehead atoms. The van der Waals surface area contributed by atoms with Gasteiger partial charge < -0.3 is 33.7 Å². The van der Waals surface area contributed by atoms with Crippen LogP contribution in [0, 0.1) is 11.8 Å². The molecular weight excluding hydrogens is 647 g/mol. The maximum atomic E-state index is 14.1. The molecule has 5 rings (SSSR count). The van der Waals surface area contributed by atoms with Crippen molar-refractivity contribution in [2.75, 3.05) is 32.1 Å². The number of benzene rings is 2. The average molecular weight is 692 g/mol. The number of aliphatic hydroxyl groups excluding tert-OH is 1. The SMILES string of the molecule is CCCC[S+]([O-])Cc1noc2ccc(S(=O)(=O)N(CC(C)C)C[C@@H](O)[C@H](Cc3ccccc3)NC(=O)OC3CO[C@H]4OCC[C@@H]34)cc12. The summed E-state index contributed by atoms with van der Waals surface area (Å²) >= 11 is -1.16. The van der Waals surface area contributed by atoms with Crippen LogP contribution in [-0.4, -0.2) is 90.2 Å². The summed E-state index contributed by atoms with van der Waals surface area (Å²) < 4.78 is 64.4. The van der Waals surface area contributed by atoms with Crippen LogP contribution in [0.15, 0.2) is 57.9 Å². The zero-order valence-corrected chi connectivity index (χ0v) is 28.7. The van der Waals surface area contributed by atoms with Crippen molar-refractivity contribution in [3.63, 3.8) is 0 Å². The fourth-order valence-electron chi connectivity index (χ4n) is 5.95. The molecule has 2 saturated heterocycles. The summed E-state index contributed by atoms with van der Waals surface area (Å²) in [6.07, 6.45) is -0.160. The Balaban J connectivity index is 1.35. The minimum absolute atomic E-state index is 0.00295. The van der Waals surface area contributed by atoms with Crippen molar-refractivity contribution in [3.8, 4) is 0 Å². The lowest BCUT2D eigenvalue weighted by Gasteiger charge is -2.31. The van der Waals surface area contributed by atoms with Gasteiger partial charge in [-0.15, -0.1) is 0 Å². The maximum absolute atomic E-state index is 14.1. The number of nitrogens with zero attached hydrogens (tertiary/aromatic N) is 2. The van der Waals surface area contributed by atoms with Gasteiger partial charge in [-0.2, -0.15) is 4.31 Å². The molecule has 14 heteroatoms. The van der Waals surface area contributed by atoms with E-state index in [1.54, 1.807) is 6.07 Å². The molecule has 2 fully saturated rings. The molecule has 0 spiro atoms. The minimum Gasteiger partial charge on any atom is -0.616 e. The number of hydrogen-bond donors (Lipinski definition) is 2. The number of amides is 1. The van der Waals surface area contributed by atoms with E-state index in [0.717, 1.165) is 24.8 Å². The van der Waals surface area contributed by atoms with E-state index in [2.05, 4.69) is 10.5 Å². The van der Waals surface area contributed by atoms with Crippen LogP contribution in [0.5, 0.6) is 0 Å². The van der Waals surface area contributed by atoms with Crippen LogP contribution in [0.4, 0.5) is 4.79 Å². The molecular formula is C33H45N3O9S2. The molecule has 2 N–H and O–H groups in total. The van der Waals surface area contributed by atoms with Gasteiger partial charge in [0.15, 0.2) is 17.6 Å². The number of nitrogens with one attached hydrogen (secondary N) is 1. The van der Waals surface area contributed by atoms with Gasteiger partial charge >= 0.3 is 6.09 Å². The van der Waals surface area contributed by atoms with Crippen molar-refractivity contribution in [1.82, 2.24) is 14.8 Å². The number of aromatic nitrogens is 1. The second-order valence-corrected chi connectivity index (χ2v) is 16.1. The first-order valence-electron chi connectivity index (χ1n) is 16.2. The molecule has 1 aromatic heterocycles. The smallest absolute Gasteiger partial charge is 0.407 e. The molecule has 0 aliphatic carbocycles. The highest BCUT2D eigenvalue weighted by Gasteiger charge is 2.44. The monoisotopic (exact) mass is 691 g/mol. The molecule has 1 amide bonds. The van der Waals surface area contributed by atoms with Gasteiger partial charge in [-0.3, -0.25) is 0 Å². The van der Waals surface area contributed by atoms with Gasteiger partial charge in [-0.05, 0) is 60.1 Å². The van der Waals surface area contributed by atoms with Gasteiger partial charge in [0.1, 0.15) is 17.6 Å². The van der Waals surface area contributed by atoms with Crippen LogP contribution < -0.4 is 5.32 Å². The van der Waals surface area contributed by atoms with Gasteiger partial charge in [-0.25, -0.2) is 13.2 Å². The van der Waals surface area contributed by atoms with E-state index in [9.17, 15) is 22.9 Å². The zero-order chi connectivity index (χ0) is 33.6. The summed E-state index contributed by atoms with van der Waals surface area (Å²) in [7, 11) is -4.13. The number of ether oxygens (including phenoxy) is 3. The number of carbonyl (C=O) groups is 1. The summed E-state index contributed by atoms with van der Waals surface area (Å²) in [5.74, 6) is 0.570. The largest absolute Gasteiger partial charge is 0.616 e. The van der Waals surface area contributed by atoms with Crippen molar-refractivity contribution in [1.29, 1.82) is 0 Å². The summed E-state index contributed by atoms with van der Waals surface area (Å²) in [5, 5.41) is 19.0. The zero-order valence-electron chi connectivity index (χ0n) is 27.1. The predicted octanol–water partition coefficient (Wildman–Crippen LogP) is 3.98. The van der Waals surface area contributed by atoms with Crippen molar-refractivity contribution in [2.24, 2.45) is 11.8 Å². The molecule has 3 heterocycles. The standard InChI is InChI=1S/C33H45N3O9S2/c1-4-5-15-46(39)21-28-26-17-24(11-12-30(26)45-35-28)47(40,41)36(18-22(2)3)19-29(37)27(16-23-9-7-6-8-10-23)34-33(38)44-31-20-43-32-25(31)13-14-42-32/h6-12,17,22,25,27,29,31-32,37H,4-5,13-16,18-21H2,1-3H3,(H,34,38)/t25-,27-,29+,31?,32+,46?/m0/s1. The fraction of sp³-hybridized carbons (Fsp3) is 0.576. The van der Waals surface area contributed by atoms with Gasteiger partial charge in [0.05, 0.1) is 41.6 Å². The molecule has 2 unspecified atom stereocenters. The highest BCUT2D eigenvalue weighted by atomic mass is 32.2. The molecule has 2 aromatic carbocycles. The van der Waals surface area contributed by atoms with E-state index >= 15 is 0 Å². The number of fused-ring (bicyclic) bond motifs is 2. The molecule has 47 heavy (non-hydrogen) atoms. The number of rotatable bonds is 16. The van der Waals surface area contributed by atoms with E-state index in [4.69, 9.17) is 18.7 Å². The number of carbonyl (C=O) groups excluding carboxylic acids is 1. The van der Waals surface area contributed by atoms with Gasteiger partial charge in [0, 0.05) is 13.1 Å². The lowest BCUT2D eigenvalue weighted by molar-refractivity contribution is -0.0907. The van der Waals surface area contributed by atoms with Crippen LogP contribution in [-0.2, 0) is 47.6 Å². The van der Waals surface area contributed by atoms with Gasteiger partial charge in [-0.1, -0.05) is 62.7 Å². The highest BCUT2D eigenvalue weighted by molar-refractivity contribution is 7.90. The van der Waals surface area contributed by atoms with Crippen LogP contribution in [0.25, 0.3) is 11.0 Å². The number of hydrogen-bond acceptors (Lipinski definition) is 10. The molecule has 0 saturated carbocycles. The molecule has 6 atom stereocenters. The molecule has 0 radical (unpaired) electrons. The highest BCUT2D eigenvalue weighted by Crippen LogP contribution is 2.33. The molecule has 3 aromatic rings. The Kier molecular flexibility index (Phi) is 12.2. The Bertz CT molecular complexity index is 1570. The first-order chi connectivity index (χ1) is 22.5. The fourth-order valence-corrected chi connectivity index (χ4v) is 8.86. The van der Waals surface area contributed by atoms with E-state index in [1.807, 2.05) is 51.1 Å². The second kappa shape index (κ2) is 16.1. The Labute approximate surface area is 279 Å². The van der Waals surface area contributed by atoms with Crippen LogP contribution in [0.1, 0.15) is 51.3 Å². The topological polar surface area (TPSA) is 163 Å². The van der Waals surface area contributed by atoms with Crippen molar-refractivity contribution < 1.29 is 41.6 Å². The first-order valence-corrected chi connectivity index (χ1v) is 19.1. The van der Waals surface area contributed by atoms with E-state index < -0.39 is 45.5 Å². The van der Waals surface area contributed by atoms with E-state index in [-0.39, 0.29) is 54.9 Å². The van der Waals surface area contributed by atoms with E-state index in [1.165, 1.54) is 16.4 Å². The van der Waals surface area contributed by atoms with Crippen LogP contribution >= 0.6 is 0 Å². The lowest BCUT2D eigenvalue weighted by Crippen LogP contribution is -2.51. The van der Waals surface area contributed by atoms with Crippen molar-refractivity contribution in [2.45, 2.75) is 81.6 Å². The normalized spacial score (nSPS) is 21.6. The Hall–Kier alpha value is -2.72. The third-order valence-corrected chi connectivity index (χ3v) is 11.6. The molecule has 12 nitrogen and oxygen atoms in total. The van der Waals surface area contributed by atoms with Crippen LogP contribution in [0.3, 0.4) is 0 Å². The van der Waals surface area contributed by atoms with Gasteiger partial charge in [0.25, 0.3) is 0 Å². The van der Waals surface area contributed by atoms with Gasteiger partial charge in [0.2, 0.25) is 10.0 Å². The summed E-state index contributed by atoms with van der Waals surface area (Å²) in [6, 6.07) is 13.0. The quantitative estimate of drug-likeness (QED) is 0.210. The average Bonchev–Trinajstić information content (AvgIpc) is 3.77. The number of unbranched alkanes of at least 4 members (excludes halogenated alkanes) is 1. The minimum atomic E-state index is -4.13. The Morgan fingerprint density at radius 2 is 1.98 bits per heavy atom. The van der Waals surface area contributed by atoms with Crippen molar-refractivity contribution in [3.05, 3.63) is 59.8 Å². The number of sulfonamides is 1. The predicted molar refractivity (Wildman–Crippen MR) is 176 cm³/mol. The van der Waals surface area contributed by atoms with Crippen molar-refractivity contribution >= 4 is 38.3 Å². The number of alkyl carbamates (subject to hydrolysis) is 1.